The van der Waals surface area contributed by atoms with Gasteiger partial charge in [0.05, 0.1) is 11.4 Å². The number of rotatable bonds is 12. The first-order valence-electron chi connectivity index (χ1n) is 13.4. The summed E-state index contributed by atoms with van der Waals surface area (Å²) in [6.45, 7) is 0.657. The summed E-state index contributed by atoms with van der Waals surface area (Å²) < 4.78 is 12.1. The highest BCUT2D eigenvalue weighted by molar-refractivity contribution is 6.07. The smallest absolute Gasteiger partial charge is 0.248 e. The molecule has 0 saturated heterocycles. The number of nitrogens with zero attached hydrogens (tertiary/aromatic N) is 2. The topological polar surface area (TPSA) is 123 Å². The molecule has 1 aromatic heterocycles. The standard InChI is InChI=1S/C32H32N6O3/c1-34-32-30(28(19-21-36-32)41-25-17-15-24(16-18-25)40-23-8-3-2-4-9-23)31(33)38-27-11-6-5-10-26(27)37-29(39)12-7-20-35-22-13-14-22/h2-12,15-19,21-22,35H,13-14,20H2,1H3,(H2,33,38)(H,34,36)(H,37,39)/b12-7+. The van der Waals surface area contributed by atoms with Crippen LogP contribution in [-0.2, 0) is 4.79 Å². The van der Waals surface area contributed by atoms with E-state index >= 15 is 0 Å². The molecule has 0 unspecified atom stereocenters. The third-order valence-electron chi connectivity index (χ3n) is 6.21. The number of nitrogens with two attached hydrogens (primary N) is 1. The van der Waals surface area contributed by atoms with Crippen molar-refractivity contribution in [3.63, 3.8) is 0 Å². The second-order valence-corrected chi connectivity index (χ2v) is 9.36. The summed E-state index contributed by atoms with van der Waals surface area (Å²) in [5, 5.41) is 9.28. The van der Waals surface area contributed by atoms with E-state index in [0.717, 1.165) is 5.75 Å². The first-order chi connectivity index (χ1) is 20.1. The second kappa shape index (κ2) is 13.3. The molecule has 9 heteroatoms. The van der Waals surface area contributed by atoms with Gasteiger partial charge in [-0.15, -0.1) is 0 Å². The quantitative estimate of drug-likeness (QED) is 0.0974. The van der Waals surface area contributed by atoms with E-state index in [0.29, 0.717) is 52.6 Å². The minimum absolute atomic E-state index is 0.173. The maximum Gasteiger partial charge on any atom is 0.248 e. The Morgan fingerprint density at radius 2 is 1.63 bits per heavy atom. The van der Waals surface area contributed by atoms with Crippen molar-refractivity contribution in [2.45, 2.75) is 18.9 Å². The summed E-state index contributed by atoms with van der Waals surface area (Å²) in [7, 11) is 1.75. The summed E-state index contributed by atoms with van der Waals surface area (Å²) in [5.41, 5.74) is 8.06. The van der Waals surface area contributed by atoms with Crippen LogP contribution in [0.2, 0.25) is 0 Å². The maximum absolute atomic E-state index is 12.5. The number of aromatic nitrogens is 1. The number of pyridine rings is 1. The van der Waals surface area contributed by atoms with E-state index in [1.807, 2.05) is 72.8 Å². The van der Waals surface area contributed by atoms with Crippen LogP contribution < -0.4 is 31.2 Å². The van der Waals surface area contributed by atoms with Crippen LogP contribution in [-0.4, -0.2) is 36.4 Å². The van der Waals surface area contributed by atoms with Gasteiger partial charge in [-0.1, -0.05) is 36.4 Å². The van der Waals surface area contributed by atoms with Crippen LogP contribution in [0.3, 0.4) is 0 Å². The molecule has 1 aliphatic rings. The maximum atomic E-state index is 12.5. The molecule has 0 bridgehead atoms. The second-order valence-electron chi connectivity index (χ2n) is 9.36. The van der Waals surface area contributed by atoms with E-state index in [-0.39, 0.29) is 11.7 Å². The Hall–Kier alpha value is -5.15. The monoisotopic (exact) mass is 548 g/mol. The average molecular weight is 549 g/mol. The van der Waals surface area contributed by atoms with E-state index in [1.165, 1.54) is 18.9 Å². The average Bonchev–Trinajstić information content (AvgIpc) is 3.82. The third kappa shape index (κ3) is 7.71. The molecule has 0 aliphatic heterocycles. The summed E-state index contributed by atoms with van der Waals surface area (Å²) in [5.74, 6) is 2.91. The van der Waals surface area contributed by atoms with Crippen LogP contribution in [0.1, 0.15) is 18.4 Å². The third-order valence-corrected chi connectivity index (χ3v) is 6.21. The van der Waals surface area contributed by atoms with Gasteiger partial charge in [-0.3, -0.25) is 4.79 Å². The van der Waals surface area contributed by atoms with Crippen molar-refractivity contribution in [2.75, 3.05) is 24.2 Å². The van der Waals surface area contributed by atoms with Crippen LogP contribution in [0, 0.1) is 0 Å². The van der Waals surface area contributed by atoms with Crippen molar-refractivity contribution >= 4 is 28.9 Å². The van der Waals surface area contributed by atoms with Gasteiger partial charge in [0, 0.05) is 38.0 Å². The van der Waals surface area contributed by atoms with Crippen molar-refractivity contribution in [2.24, 2.45) is 10.7 Å². The lowest BCUT2D eigenvalue weighted by Crippen LogP contribution is -2.18. The lowest BCUT2D eigenvalue weighted by molar-refractivity contribution is -0.111. The number of nitrogens with one attached hydrogen (secondary N) is 3. The summed E-state index contributed by atoms with van der Waals surface area (Å²) in [6, 6.07) is 26.4. The Kier molecular flexibility index (Phi) is 8.88. The Bertz CT molecular complexity index is 1530. The Morgan fingerprint density at radius 3 is 2.37 bits per heavy atom. The van der Waals surface area contributed by atoms with Crippen LogP contribution in [0.15, 0.2) is 108 Å². The lowest BCUT2D eigenvalue weighted by atomic mass is 10.2. The molecule has 0 spiro atoms. The molecular formula is C32H32N6O3. The first-order valence-corrected chi connectivity index (χ1v) is 13.4. The van der Waals surface area contributed by atoms with Crippen LogP contribution in [0.25, 0.3) is 0 Å². The number of amidine groups is 1. The predicted molar refractivity (Wildman–Crippen MR) is 162 cm³/mol. The number of aliphatic imine (C=N–C) groups is 1. The molecule has 4 aromatic rings. The Morgan fingerprint density at radius 1 is 0.951 bits per heavy atom. The molecule has 1 saturated carbocycles. The molecule has 5 rings (SSSR count). The van der Waals surface area contributed by atoms with Crippen LogP contribution in [0.4, 0.5) is 17.2 Å². The van der Waals surface area contributed by atoms with Gasteiger partial charge in [0.2, 0.25) is 5.91 Å². The van der Waals surface area contributed by atoms with Gasteiger partial charge in [0.15, 0.2) is 0 Å². The van der Waals surface area contributed by atoms with E-state index in [2.05, 4.69) is 25.9 Å². The van der Waals surface area contributed by atoms with Crippen LogP contribution >= 0.6 is 0 Å². The highest BCUT2D eigenvalue weighted by Gasteiger charge is 2.19. The molecular weight excluding hydrogens is 516 g/mol. The number of para-hydroxylation sites is 3. The van der Waals surface area contributed by atoms with Gasteiger partial charge in [-0.2, -0.15) is 0 Å². The molecule has 0 radical (unpaired) electrons. The zero-order valence-corrected chi connectivity index (χ0v) is 22.7. The number of anilines is 2. The zero-order valence-electron chi connectivity index (χ0n) is 22.7. The minimum Gasteiger partial charge on any atom is -0.457 e. The van der Waals surface area contributed by atoms with Crippen molar-refractivity contribution < 1.29 is 14.3 Å². The van der Waals surface area contributed by atoms with E-state index in [1.54, 1.807) is 31.4 Å². The molecule has 1 aliphatic carbocycles. The molecule has 1 amide bonds. The van der Waals surface area contributed by atoms with Gasteiger partial charge in [0.25, 0.3) is 0 Å². The summed E-state index contributed by atoms with van der Waals surface area (Å²) in [4.78, 5) is 21.6. The fraction of sp³-hybridized carbons (Fsp3) is 0.156. The summed E-state index contributed by atoms with van der Waals surface area (Å²) >= 11 is 0. The van der Waals surface area contributed by atoms with Crippen molar-refractivity contribution in [3.8, 4) is 23.0 Å². The molecule has 41 heavy (non-hydrogen) atoms. The number of amides is 1. The van der Waals surface area contributed by atoms with E-state index < -0.39 is 0 Å². The number of benzene rings is 3. The molecule has 208 valence electrons. The highest BCUT2D eigenvalue weighted by Crippen LogP contribution is 2.32. The zero-order chi connectivity index (χ0) is 28.4. The molecule has 5 N–H and O–H groups in total. The summed E-state index contributed by atoms with van der Waals surface area (Å²) in [6.07, 6.45) is 7.35. The van der Waals surface area contributed by atoms with Gasteiger partial charge < -0.3 is 31.2 Å². The molecule has 0 atom stereocenters. The Labute approximate surface area is 239 Å². The van der Waals surface area contributed by atoms with Gasteiger partial charge in [-0.25, -0.2) is 9.98 Å². The number of ether oxygens (including phenoxy) is 2. The van der Waals surface area contributed by atoms with Gasteiger partial charge in [0.1, 0.15) is 40.2 Å². The Balaban J connectivity index is 1.33. The minimum atomic E-state index is -0.246. The number of hydrogen-bond donors (Lipinski definition) is 4. The highest BCUT2D eigenvalue weighted by atomic mass is 16.5. The van der Waals surface area contributed by atoms with E-state index in [4.69, 9.17) is 15.2 Å². The number of carbonyl (C=O) groups is 1. The van der Waals surface area contributed by atoms with E-state index in [9.17, 15) is 4.79 Å². The molecule has 3 aromatic carbocycles. The first kappa shape index (κ1) is 27.4. The molecule has 1 heterocycles. The number of carbonyl (C=O) groups excluding carboxylic acids is 1. The molecule has 9 nitrogen and oxygen atoms in total. The normalized spacial score (nSPS) is 13.1. The fourth-order valence-electron chi connectivity index (χ4n) is 4.02. The lowest BCUT2D eigenvalue weighted by Gasteiger charge is -2.15. The fourth-order valence-corrected chi connectivity index (χ4v) is 4.02. The van der Waals surface area contributed by atoms with Gasteiger partial charge >= 0.3 is 0 Å². The van der Waals surface area contributed by atoms with Gasteiger partial charge in [-0.05, 0) is 61.4 Å². The largest absolute Gasteiger partial charge is 0.457 e. The molecule has 1 fully saturated rings. The predicted octanol–water partition coefficient (Wildman–Crippen LogP) is 5.99. The van der Waals surface area contributed by atoms with Crippen molar-refractivity contribution in [3.05, 3.63) is 109 Å². The van der Waals surface area contributed by atoms with Crippen molar-refractivity contribution in [1.29, 1.82) is 0 Å². The van der Waals surface area contributed by atoms with Crippen LogP contribution in [0.5, 0.6) is 23.0 Å². The SMILES string of the molecule is CNc1nccc(Oc2ccc(Oc3ccccc3)cc2)c1C(N)=Nc1ccccc1NC(=O)/C=C/CNC1CC1. The van der Waals surface area contributed by atoms with Crippen molar-refractivity contribution in [1.82, 2.24) is 10.3 Å². The number of hydrogen-bond acceptors (Lipinski definition) is 7.